The van der Waals surface area contributed by atoms with Gasteiger partial charge in [-0.2, -0.15) is 0 Å². The van der Waals surface area contributed by atoms with Crippen LogP contribution in [0.5, 0.6) is 5.75 Å². The molecule has 1 spiro atoms. The highest BCUT2D eigenvalue weighted by Gasteiger charge is 2.66. The number of carbonyl (C=O) groups is 3. The molecule has 0 radical (unpaired) electrons. The molecule has 296 valence electrons. The quantitative estimate of drug-likeness (QED) is 0.120. The molecular weight excluding hydrogens is 801 g/mol. The first kappa shape index (κ1) is 39.1. The molecular formula is C45H49BrN4O6Si. The maximum atomic E-state index is 15.3. The largest absolute Gasteiger partial charge is 0.497 e. The zero-order valence-electron chi connectivity index (χ0n) is 32.8. The third-order valence-electron chi connectivity index (χ3n) is 12.7. The normalized spacial score (nSPS) is 23.1. The molecule has 0 aliphatic carbocycles. The Morgan fingerprint density at radius 1 is 1.05 bits per heavy atom. The minimum atomic E-state index is -2.48. The highest BCUT2D eigenvalue weighted by molar-refractivity contribution is 9.10. The molecule has 4 aromatic carbocycles. The standard InChI is InChI=1S/C45H49BrN4O6Si/c1-28-43(57(3,4)35-17-15-34(55-2)16-18-35)40(24-42(53)49-20-8-11-33(49)27-51)56-45(28)37-23-31(46)14-19-39(37)50(44(45)54)26-29-9-7-10-32(21-29)48-41(52)22-30-25-47-38-13-6-5-12-36(30)38/h5-7,9-10,12-19,21,23,25,28,33,40,43,47,51H,8,11,20,22,24,26-27H2,1-4H3,(H,48,52)/t28-,33+,40+,43-,45+/m1/s1. The maximum absolute atomic E-state index is 15.3. The van der Waals surface area contributed by atoms with Gasteiger partial charge in [0.1, 0.15) is 5.75 Å². The smallest absolute Gasteiger partial charge is 0.264 e. The summed E-state index contributed by atoms with van der Waals surface area (Å²) in [6.45, 7) is 7.52. The fraction of sp³-hybridized carbons (Fsp3) is 0.356. The molecule has 12 heteroatoms. The van der Waals surface area contributed by atoms with Crippen LogP contribution in [0.15, 0.2) is 102 Å². The van der Waals surface area contributed by atoms with Crippen LogP contribution in [-0.2, 0) is 37.7 Å². The number of aliphatic hydroxyl groups is 1. The van der Waals surface area contributed by atoms with Crippen molar-refractivity contribution in [1.29, 1.82) is 0 Å². The lowest BCUT2D eigenvalue weighted by atomic mass is 9.82. The molecule has 1 aromatic heterocycles. The third kappa shape index (κ3) is 7.00. The Morgan fingerprint density at radius 2 is 1.84 bits per heavy atom. The van der Waals surface area contributed by atoms with Gasteiger partial charge in [0.05, 0.1) is 59.0 Å². The van der Waals surface area contributed by atoms with E-state index in [2.05, 4.69) is 58.4 Å². The van der Waals surface area contributed by atoms with E-state index in [1.807, 2.05) is 85.1 Å². The number of likely N-dealkylation sites (tertiary alicyclic amines) is 1. The summed E-state index contributed by atoms with van der Waals surface area (Å²) in [6.07, 6.45) is 3.30. The predicted molar refractivity (Wildman–Crippen MR) is 228 cm³/mol. The topological polar surface area (TPSA) is 124 Å². The highest BCUT2D eigenvalue weighted by Crippen LogP contribution is 2.60. The first-order valence-corrected chi connectivity index (χ1v) is 23.6. The number of halogens is 1. The second-order valence-electron chi connectivity index (χ2n) is 16.3. The zero-order chi connectivity index (χ0) is 40.1. The molecule has 10 nitrogen and oxygen atoms in total. The fourth-order valence-corrected chi connectivity index (χ4v) is 14.2. The number of hydrogen-bond acceptors (Lipinski definition) is 6. The van der Waals surface area contributed by atoms with Crippen LogP contribution in [0.25, 0.3) is 10.9 Å². The number of para-hydroxylation sites is 1. The summed E-state index contributed by atoms with van der Waals surface area (Å²) in [5.74, 6) is 0.138. The monoisotopic (exact) mass is 848 g/mol. The van der Waals surface area contributed by atoms with Gasteiger partial charge in [-0.15, -0.1) is 0 Å². The molecule has 5 atom stereocenters. The van der Waals surface area contributed by atoms with Crippen LogP contribution < -0.4 is 20.1 Å². The number of carbonyl (C=O) groups excluding carboxylic acids is 3. The summed E-state index contributed by atoms with van der Waals surface area (Å²) < 4.78 is 13.5. The molecule has 4 heterocycles. The van der Waals surface area contributed by atoms with Crippen LogP contribution in [0, 0.1) is 5.92 Å². The van der Waals surface area contributed by atoms with Gasteiger partial charge in [0.25, 0.3) is 5.91 Å². The van der Waals surface area contributed by atoms with Crippen LogP contribution in [-0.4, -0.2) is 73.2 Å². The molecule has 0 unspecified atom stereocenters. The van der Waals surface area contributed by atoms with Gasteiger partial charge in [-0.05, 0) is 78.0 Å². The van der Waals surface area contributed by atoms with Crippen LogP contribution in [0.3, 0.4) is 0 Å². The minimum Gasteiger partial charge on any atom is -0.497 e. The number of benzene rings is 4. The number of hydrogen-bond donors (Lipinski definition) is 3. The number of aromatic nitrogens is 1. The van der Waals surface area contributed by atoms with E-state index in [0.29, 0.717) is 12.2 Å². The summed E-state index contributed by atoms with van der Waals surface area (Å²) >= 11 is 3.69. The van der Waals surface area contributed by atoms with Crippen molar-refractivity contribution in [3.8, 4) is 5.75 Å². The lowest BCUT2D eigenvalue weighted by Crippen LogP contribution is -2.52. The van der Waals surface area contributed by atoms with E-state index in [0.717, 1.165) is 56.3 Å². The number of fused-ring (bicyclic) bond motifs is 3. The van der Waals surface area contributed by atoms with Gasteiger partial charge in [-0.3, -0.25) is 14.4 Å². The summed E-state index contributed by atoms with van der Waals surface area (Å²) in [6, 6.07) is 29.4. The summed E-state index contributed by atoms with van der Waals surface area (Å²) in [4.78, 5) is 49.5. The number of nitrogens with zero attached hydrogens (tertiary/aromatic N) is 2. The Kier molecular flexibility index (Phi) is 10.7. The lowest BCUT2D eigenvalue weighted by molar-refractivity contribution is -0.150. The molecule has 2 fully saturated rings. The summed E-state index contributed by atoms with van der Waals surface area (Å²) in [7, 11) is -0.829. The first-order valence-electron chi connectivity index (χ1n) is 19.7. The number of aromatic amines is 1. The summed E-state index contributed by atoms with van der Waals surface area (Å²) in [5, 5.41) is 15.4. The second kappa shape index (κ2) is 15.5. The Bertz CT molecular complexity index is 2330. The number of nitrogens with one attached hydrogen (secondary N) is 2. The van der Waals surface area contributed by atoms with E-state index < -0.39 is 19.8 Å². The first-order chi connectivity index (χ1) is 27.4. The number of H-pyrrole nitrogens is 1. The fourth-order valence-electron chi connectivity index (χ4n) is 9.87. The van der Waals surface area contributed by atoms with Crippen molar-refractivity contribution in [2.75, 3.05) is 30.5 Å². The number of aliphatic hydroxyl groups excluding tert-OH is 1. The van der Waals surface area contributed by atoms with Gasteiger partial charge >= 0.3 is 0 Å². The average molecular weight is 850 g/mol. The second-order valence-corrected chi connectivity index (χ2v) is 21.9. The van der Waals surface area contributed by atoms with Gasteiger partial charge < -0.3 is 34.7 Å². The van der Waals surface area contributed by atoms with E-state index in [9.17, 15) is 14.7 Å². The van der Waals surface area contributed by atoms with Crippen molar-refractivity contribution in [2.24, 2.45) is 5.92 Å². The van der Waals surface area contributed by atoms with Crippen LogP contribution >= 0.6 is 15.9 Å². The van der Waals surface area contributed by atoms with Crippen molar-refractivity contribution in [3.63, 3.8) is 0 Å². The molecule has 57 heavy (non-hydrogen) atoms. The molecule has 5 aromatic rings. The van der Waals surface area contributed by atoms with Gasteiger partial charge in [0, 0.05) is 45.3 Å². The molecule has 3 aliphatic heterocycles. The SMILES string of the molecule is COc1ccc([Si](C)(C)[C@H]2[C@H](CC(=O)N3CCC[C@H]3CO)O[C@@]3(C(=O)N(Cc4cccc(NC(=O)Cc5c[nH]c6ccccc56)c4)c4ccc(Br)cc43)[C@@H]2C)cc1. The molecule has 3 aliphatic rings. The van der Waals surface area contributed by atoms with Crippen LogP contribution in [0.1, 0.15) is 42.9 Å². The highest BCUT2D eigenvalue weighted by atomic mass is 79.9. The number of ether oxygens (including phenoxy) is 2. The van der Waals surface area contributed by atoms with Crippen molar-refractivity contribution in [1.82, 2.24) is 9.88 Å². The Hall–Kier alpha value is -4.75. The Labute approximate surface area is 342 Å². The van der Waals surface area contributed by atoms with Gasteiger partial charge in [0.2, 0.25) is 11.8 Å². The lowest BCUT2D eigenvalue weighted by Gasteiger charge is -2.37. The predicted octanol–water partition coefficient (Wildman–Crippen LogP) is 7.26. The molecule has 8 rings (SSSR count). The van der Waals surface area contributed by atoms with Gasteiger partial charge in [0.15, 0.2) is 5.60 Å². The Balaban J connectivity index is 1.11. The van der Waals surface area contributed by atoms with E-state index in [1.54, 1.807) is 16.9 Å². The number of amides is 3. The van der Waals surface area contributed by atoms with Crippen molar-refractivity contribution in [3.05, 3.63) is 118 Å². The van der Waals surface area contributed by atoms with E-state index in [1.165, 1.54) is 5.19 Å². The molecule has 2 saturated heterocycles. The number of rotatable bonds is 11. The Morgan fingerprint density at radius 3 is 2.61 bits per heavy atom. The van der Waals surface area contributed by atoms with Gasteiger partial charge in [-0.25, -0.2) is 0 Å². The van der Waals surface area contributed by atoms with Gasteiger partial charge in [-0.1, -0.05) is 83.6 Å². The van der Waals surface area contributed by atoms with E-state index >= 15 is 4.79 Å². The minimum absolute atomic E-state index is 0.0503. The van der Waals surface area contributed by atoms with Crippen LogP contribution in [0.2, 0.25) is 18.6 Å². The molecule has 3 amide bonds. The molecule has 0 saturated carbocycles. The molecule has 3 N–H and O–H groups in total. The third-order valence-corrected chi connectivity index (χ3v) is 17.5. The number of anilines is 2. The van der Waals surface area contributed by atoms with Crippen molar-refractivity contribution >= 4 is 69.2 Å². The average Bonchev–Trinajstić information content (AvgIpc) is 3.97. The molecule has 0 bridgehead atoms. The maximum Gasteiger partial charge on any atom is 0.264 e. The van der Waals surface area contributed by atoms with Crippen LogP contribution in [0.4, 0.5) is 11.4 Å². The van der Waals surface area contributed by atoms with Crippen molar-refractivity contribution < 1.29 is 29.0 Å². The van der Waals surface area contributed by atoms with E-state index in [-0.39, 0.29) is 61.2 Å². The summed E-state index contributed by atoms with van der Waals surface area (Å²) in [5.41, 5.74) is 3.50. The van der Waals surface area contributed by atoms with E-state index in [4.69, 9.17) is 9.47 Å². The number of methoxy groups -OCH3 is 1. The zero-order valence-corrected chi connectivity index (χ0v) is 35.3. The van der Waals surface area contributed by atoms with Crippen molar-refractivity contribution in [2.45, 2.75) is 75.5 Å².